The van der Waals surface area contributed by atoms with Crippen molar-refractivity contribution in [1.29, 1.82) is 5.26 Å². The molecule has 0 saturated carbocycles. The van der Waals surface area contributed by atoms with Crippen LogP contribution in [-0.4, -0.2) is 10.7 Å². The van der Waals surface area contributed by atoms with Crippen LogP contribution < -0.4 is 0 Å². The largest absolute Gasteiger partial charge is 0.388 e. The van der Waals surface area contributed by atoms with E-state index in [2.05, 4.69) is 6.07 Å². The summed E-state index contributed by atoms with van der Waals surface area (Å²) in [6, 6.07) is 2.05. The van der Waals surface area contributed by atoms with Gasteiger partial charge in [-0.05, 0) is 11.8 Å². The molecule has 0 radical (unpaired) electrons. The molecule has 2 unspecified atom stereocenters. The molecule has 0 spiro atoms. The molecule has 0 aliphatic carbocycles. The van der Waals surface area contributed by atoms with Crippen LogP contribution in [-0.2, 0) is 0 Å². The predicted molar refractivity (Wildman–Crippen MR) is 49.5 cm³/mol. The van der Waals surface area contributed by atoms with Crippen LogP contribution in [0.1, 0.15) is 40.5 Å². The SMILES string of the molecule is CCC(C)C(O)(CC#N)C(C)C. The van der Waals surface area contributed by atoms with Gasteiger partial charge in [0.2, 0.25) is 0 Å². The molecule has 12 heavy (non-hydrogen) atoms. The Morgan fingerprint density at radius 3 is 2.17 bits per heavy atom. The Hall–Kier alpha value is -0.550. The molecule has 2 atom stereocenters. The highest BCUT2D eigenvalue weighted by molar-refractivity contribution is 4.94. The fourth-order valence-corrected chi connectivity index (χ4v) is 1.43. The summed E-state index contributed by atoms with van der Waals surface area (Å²) in [5.41, 5.74) is -0.802. The Kier molecular flexibility index (Phi) is 4.26. The van der Waals surface area contributed by atoms with Crippen molar-refractivity contribution in [3.05, 3.63) is 0 Å². The second-order valence-electron chi connectivity index (χ2n) is 3.79. The quantitative estimate of drug-likeness (QED) is 0.702. The van der Waals surface area contributed by atoms with E-state index in [9.17, 15) is 5.11 Å². The highest BCUT2D eigenvalue weighted by Gasteiger charge is 2.35. The van der Waals surface area contributed by atoms with E-state index >= 15 is 0 Å². The molecular weight excluding hydrogens is 150 g/mol. The lowest BCUT2D eigenvalue weighted by molar-refractivity contribution is -0.0497. The van der Waals surface area contributed by atoms with Crippen molar-refractivity contribution in [2.24, 2.45) is 11.8 Å². The summed E-state index contributed by atoms with van der Waals surface area (Å²) in [4.78, 5) is 0. The minimum atomic E-state index is -0.802. The van der Waals surface area contributed by atoms with Gasteiger partial charge in [-0.3, -0.25) is 0 Å². The fraction of sp³-hybridized carbons (Fsp3) is 0.900. The van der Waals surface area contributed by atoms with Gasteiger partial charge in [0, 0.05) is 0 Å². The minimum absolute atomic E-state index is 0.145. The molecule has 0 aromatic carbocycles. The van der Waals surface area contributed by atoms with E-state index in [1.54, 1.807) is 0 Å². The molecule has 1 N–H and O–H groups in total. The molecule has 0 aromatic heterocycles. The zero-order valence-electron chi connectivity index (χ0n) is 8.46. The highest BCUT2D eigenvalue weighted by Crippen LogP contribution is 2.31. The first kappa shape index (κ1) is 11.4. The first-order chi connectivity index (χ1) is 5.49. The van der Waals surface area contributed by atoms with Gasteiger partial charge in [-0.1, -0.05) is 34.1 Å². The zero-order chi connectivity index (χ0) is 9.78. The Balaban J connectivity index is 4.51. The molecule has 0 amide bonds. The van der Waals surface area contributed by atoms with Crippen molar-refractivity contribution in [1.82, 2.24) is 0 Å². The number of nitriles is 1. The standard InChI is InChI=1S/C10H19NO/c1-5-9(4)10(12,6-7-11)8(2)3/h8-9,12H,5-6H2,1-4H3. The summed E-state index contributed by atoms with van der Waals surface area (Å²) >= 11 is 0. The number of rotatable bonds is 4. The maximum atomic E-state index is 10.1. The molecular formula is C10H19NO. The van der Waals surface area contributed by atoms with Crippen molar-refractivity contribution in [2.45, 2.75) is 46.1 Å². The topological polar surface area (TPSA) is 44.0 Å². The van der Waals surface area contributed by atoms with Crippen molar-refractivity contribution in [3.8, 4) is 6.07 Å². The smallest absolute Gasteiger partial charge is 0.0825 e. The maximum absolute atomic E-state index is 10.1. The summed E-state index contributed by atoms with van der Waals surface area (Å²) in [5.74, 6) is 0.337. The average Bonchev–Trinajstić information content (AvgIpc) is 2.03. The first-order valence-corrected chi connectivity index (χ1v) is 4.58. The summed E-state index contributed by atoms with van der Waals surface area (Å²) in [6.45, 7) is 7.96. The van der Waals surface area contributed by atoms with Gasteiger partial charge in [-0.15, -0.1) is 0 Å². The van der Waals surface area contributed by atoms with Crippen LogP contribution in [0.15, 0.2) is 0 Å². The number of aliphatic hydroxyl groups is 1. The third-order valence-corrected chi connectivity index (χ3v) is 2.83. The van der Waals surface area contributed by atoms with Gasteiger partial charge in [0.1, 0.15) is 0 Å². The molecule has 0 rings (SSSR count). The number of hydrogen-bond donors (Lipinski definition) is 1. The van der Waals surface area contributed by atoms with Gasteiger partial charge < -0.3 is 5.11 Å². The van der Waals surface area contributed by atoms with Gasteiger partial charge in [0.15, 0.2) is 0 Å². The minimum Gasteiger partial charge on any atom is -0.388 e. The van der Waals surface area contributed by atoms with Crippen LogP contribution in [0.2, 0.25) is 0 Å². The van der Waals surface area contributed by atoms with Crippen LogP contribution in [0.5, 0.6) is 0 Å². The molecule has 0 aliphatic heterocycles. The van der Waals surface area contributed by atoms with E-state index in [0.717, 1.165) is 6.42 Å². The lowest BCUT2D eigenvalue weighted by atomic mass is 9.76. The highest BCUT2D eigenvalue weighted by atomic mass is 16.3. The van der Waals surface area contributed by atoms with E-state index in [1.807, 2.05) is 27.7 Å². The Morgan fingerprint density at radius 2 is 1.92 bits per heavy atom. The summed E-state index contributed by atoms with van der Waals surface area (Å²) in [5, 5.41) is 18.7. The molecule has 0 aliphatic rings. The molecule has 0 fully saturated rings. The maximum Gasteiger partial charge on any atom is 0.0825 e. The summed E-state index contributed by atoms with van der Waals surface area (Å²) in [6.07, 6.45) is 1.15. The molecule has 0 bridgehead atoms. The third-order valence-electron chi connectivity index (χ3n) is 2.83. The Labute approximate surface area is 75.2 Å². The molecule has 70 valence electrons. The zero-order valence-corrected chi connectivity index (χ0v) is 8.46. The monoisotopic (exact) mass is 169 g/mol. The molecule has 0 saturated heterocycles. The van der Waals surface area contributed by atoms with E-state index < -0.39 is 5.60 Å². The van der Waals surface area contributed by atoms with E-state index in [-0.39, 0.29) is 18.3 Å². The van der Waals surface area contributed by atoms with Gasteiger partial charge in [-0.2, -0.15) is 5.26 Å². The van der Waals surface area contributed by atoms with Crippen molar-refractivity contribution >= 4 is 0 Å². The lowest BCUT2D eigenvalue weighted by Gasteiger charge is -2.35. The van der Waals surface area contributed by atoms with E-state index in [4.69, 9.17) is 5.26 Å². The fourth-order valence-electron chi connectivity index (χ4n) is 1.43. The van der Waals surface area contributed by atoms with Gasteiger partial charge in [-0.25, -0.2) is 0 Å². The van der Waals surface area contributed by atoms with Crippen molar-refractivity contribution in [2.75, 3.05) is 0 Å². The average molecular weight is 169 g/mol. The van der Waals surface area contributed by atoms with Gasteiger partial charge >= 0.3 is 0 Å². The van der Waals surface area contributed by atoms with Crippen LogP contribution in [0, 0.1) is 23.2 Å². The van der Waals surface area contributed by atoms with Crippen molar-refractivity contribution in [3.63, 3.8) is 0 Å². The second-order valence-corrected chi connectivity index (χ2v) is 3.79. The molecule has 2 nitrogen and oxygen atoms in total. The van der Waals surface area contributed by atoms with E-state index in [0.29, 0.717) is 0 Å². The Bertz CT molecular complexity index is 171. The van der Waals surface area contributed by atoms with Gasteiger partial charge in [0.05, 0.1) is 18.1 Å². The van der Waals surface area contributed by atoms with Crippen LogP contribution in [0.3, 0.4) is 0 Å². The summed E-state index contributed by atoms with van der Waals surface area (Å²) < 4.78 is 0. The van der Waals surface area contributed by atoms with Gasteiger partial charge in [0.25, 0.3) is 0 Å². The van der Waals surface area contributed by atoms with Crippen LogP contribution in [0.4, 0.5) is 0 Å². The molecule has 0 aromatic rings. The number of hydrogen-bond acceptors (Lipinski definition) is 2. The third kappa shape index (κ3) is 2.22. The van der Waals surface area contributed by atoms with Crippen LogP contribution in [0.25, 0.3) is 0 Å². The Morgan fingerprint density at radius 1 is 1.42 bits per heavy atom. The van der Waals surface area contributed by atoms with E-state index in [1.165, 1.54) is 0 Å². The normalized spacial score (nSPS) is 18.4. The molecule has 0 heterocycles. The lowest BCUT2D eigenvalue weighted by Crippen LogP contribution is -2.41. The number of nitrogens with zero attached hydrogens (tertiary/aromatic N) is 1. The molecule has 2 heteroatoms. The predicted octanol–water partition coefficient (Wildman–Crippen LogP) is 2.33. The second kappa shape index (κ2) is 4.47. The first-order valence-electron chi connectivity index (χ1n) is 4.58. The summed E-state index contributed by atoms with van der Waals surface area (Å²) in [7, 11) is 0. The van der Waals surface area contributed by atoms with Crippen LogP contribution >= 0.6 is 0 Å². The van der Waals surface area contributed by atoms with Crippen molar-refractivity contribution < 1.29 is 5.11 Å².